The standard InChI is InChI=1S/C12H12BrIN2/c1-8-12(14)9(2)16(15-8)7-10-4-3-5-11(13)6-10/h3-6H,7H2,1-2H3. The van der Waals surface area contributed by atoms with Crippen molar-refractivity contribution in [1.29, 1.82) is 0 Å². The van der Waals surface area contributed by atoms with Crippen molar-refractivity contribution in [2.75, 3.05) is 0 Å². The number of aromatic nitrogens is 2. The third-order valence-corrected chi connectivity index (χ3v) is 4.57. The highest BCUT2D eigenvalue weighted by Crippen LogP contribution is 2.18. The van der Waals surface area contributed by atoms with Gasteiger partial charge in [0.25, 0.3) is 0 Å². The van der Waals surface area contributed by atoms with E-state index in [1.807, 2.05) is 13.0 Å². The predicted molar refractivity (Wildman–Crippen MR) is 77.7 cm³/mol. The van der Waals surface area contributed by atoms with E-state index in [4.69, 9.17) is 0 Å². The lowest BCUT2D eigenvalue weighted by Crippen LogP contribution is -2.04. The second-order valence-electron chi connectivity index (χ2n) is 3.77. The molecule has 2 rings (SSSR count). The van der Waals surface area contributed by atoms with Crippen molar-refractivity contribution < 1.29 is 0 Å². The Labute approximate surface area is 117 Å². The summed E-state index contributed by atoms with van der Waals surface area (Å²) in [6, 6.07) is 8.34. The molecule has 0 spiro atoms. The Morgan fingerprint density at radius 3 is 2.69 bits per heavy atom. The van der Waals surface area contributed by atoms with Gasteiger partial charge in [-0.25, -0.2) is 0 Å². The van der Waals surface area contributed by atoms with Gasteiger partial charge in [-0.1, -0.05) is 28.1 Å². The molecule has 0 aliphatic carbocycles. The number of halogens is 2. The fourth-order valence-corrected chi connectivity index (χ4v) is 2.47. The van der Waals surface area contributed by atoms with Crippen LogP contribution in [0.5, 0.6) is 0 Å². The third-order valence-electron chi connectivity index (χ3n) is 2.51. The van der Waals surface area contributed by atoms with E-state index < -0.39 is 0 Å². The molecule has 1 heterocycles. The Bertz CT molecular complexity index is 520. The second-order valence-corrected chi connectivity index (χ2v) is 5.77. The van der Waals surface area contributed by atoms with Gasteiger partial charge in [0.15, 0.2) is 0 Å². The van der Waals surface area contributed by atoms with Crippen LogP contribution in [0.1, 0.15) is 17.0 Å². The lowest BCUT2D eigenvalue weighted by atomic mass is 10.2. The zero-order valence-electron chi connectivity index (χ0n) is 9.17. The van der Waals surface area contributed by atoms with Crippen LogP contribution in [0.25, 0.3) is 0 Å². The smallest absolute Gasteiger partial charge is 0.0730 e. The van der Waals surface area contributed by atoms with Crippen LogP contribution in [-0.2, 0) is 6.54 Å². The summed E-state index contributed by atoms with van der Waals surface area (Å²) in [6.07, 6.45) is 0. The van der Waals surface area contributed by atoms with Gasteiger partial charge in [-0.2, -0.15) is 5.10 Å². The molecule has 0 unspecified atom stereocenters. The minimum absolute atomic E-state index is 0.828. The van der Waals surface area contributed by atoms with E-state index in [0.29, 0.717) is 0 Å². The fraction of sp³-hybridized carbons (Fsp3) is 0.250. The first-order valence-electron chi connectivity index (χ1n) is 5.02. The van der Waals surface area contributed by atoms with Gasteiger partial charge < -0.3 is 0 Å². The van der Waals surface area contributed by atoms with Gasteiger partial charge in [0.2, 0.25) is 0 Å². The maximum atomic E-state index is 4.53. The van der Waals surface area contributed by atoms with Crippen molar-refractivity contribution in [3.63, 3.8) is 0 Å². The highest BCUT2D eigenvalue weighted by molar-refractivity contribution is 14.1. The molecule has 16 heavy (non-hydrogen) atoms. The van der Waals surface area contributed by atoms with Crippen LogP contribution in [0.3, 0.4) is 0 Å². The normalized spacial score (nSPS) is 10.8. The average Bonchev–Trinajstić information content (AvgIpc) is 2.47. The van der Waals surface area contributed by atoms with Crippen molar-refractivity contribution in [3.05, 3.63) is 49.3 Å². The highest BCUT2D eigenvalue weighted by atomic mass is 127. The first kappa shape index (κ1) is 12.1. The molecule has 2 nitrogen and oxygen atoms in total. The minimum Gasteiger partial charge on any atom is -0.264 e. The van der Waals surface area contributed by atoms with E-state index >= 15 is 0 Å². The molecule has 0 saturated carbocycles. The Morgan fingerprint density at radius 1 is 1.38 bits per heavy atom. The molecule has 0 amide bonds. The highest BCUT2D eigenvalue weighted by Gasteiger charge is 2.08. The summed E-state index contributed by atoms with van der Waals surface area (Å²) in [5, 5.41) is 4.53. The Morgan fingerprint density at radius 2 is 2.12 bits per heavy atom. The van der Waals surface area contributed by atoms with Gasteiger partial charge in [0, 0.05) is 10.2 Å². The molecular formula is C12H12BrIN2. The third kappa shape index (κ3) is 2.48. The molecule has 2 aromatic rings. The first-order valence-corrected chi connectivity index (χ1v) is 6.89. The molecule has 0 aliphatic heterocycles. The van der Waals surface area contributed by atoms with Gasteiger partial charge in [-0.15, -0.1) is 0 Å². The molecule has 0 fully saturated rings. The largest absolute Gasteiger partial charge is 0.264 e. The maximum absolute atomic E-state index is 4.53. The number of rotatable bonds is 2. The predicted octanol–water partition coefficient (Wildman–Crippen LogP) is 3.92. The minimum atomic E-state index is 0.828. The van der Waals surface area contributed by atoms with Crippen molar-refractivity contribution in [2.45, 2.75) is 20.4 Å². The van der Waals surface area contributed by atoms with Crippen LogP contribution in [0, 0.1) is 17.4 Å². The van der Waals surface area contributed by atoms with Gasteiger partial charge in [-0.05, 0) is 54.1 Å². The summed E-state index contributed by atoms with van der Waals surface area (Å²) < 4.78 is 4.42. The van der Waals surface area contributed by atoms with Crippen molar-refractivity contribution in [3.8, 4) is 0 Å². The van der Waals surface area contributed by atoms with Crippen LogP contribution in [0.2, 0.25) is 0 Å². The van der Waals surface area contributed by atoms with Crippen molar-refractivity contribution in [1.82, 2.24) is 9.78 Å². The van der Waals surface area contributed by atoms with Crippen LogP contribution in [0.15, 0.2) is 28.7 Å². The number of benzene rings is 1. The van der Waals surface area contributed by atoms with E-state index in [1.54, 1.807) is 0 Å². The molecule has 1 aromatic carbocycles. The molecule has 0 bridgehead atoms. The fourth-order valence-electron chi connectivity index (χ4n) is 1.64. The Kier molecular flexibility index (Phi) is 3.69. The van der Waals surface area contributed by atoms with Crippen molar-refractivity contribution in [2.24, 2.45) is 0 Å². The Hall–Kier alpha value is -0.360. The lowest BCUT2D eigenvalue weighted by molar-refractivity contribution is 0.658. The van der Waals surface area contributed by atoms with Crippen molar-refractivity contribution >= 4 is 38.5 Å². The number of nitrogens with zero attached hydrogens (tertiary/aromatic N) is 2. The van der Waals surface area contributed by atoms with E-state index in [2.05, 4.69) is 73.4 Å². The maximum Gasteiger partial charge on any atom is 0.0730 e. The average molecular weight is 391 g/mol. The molecule has 0 N–H and O–H groups in total. The quantitative estimate of drug-likeness (QED) is 0.710. The second kappa shape index (κ2) is 4.87. The monoisotopic (exact) mass is 390 g/mol. The summed E-state index contributed by atoms with van der Waals surface area (Å²) in [6.45, 7) is 4.99. The molecule has 0 radical (unpaired) electrons. The molecule has 0 saturated heterocycles. The van der Waals surface area contributed by atoms with Crippen LogP contribution in [-0.4, -0.2) is 9.78 Å². The molecular weight excluding hydrogens is 379 g/mol. The number of hydrogen-bond donors (Lipinski definition) is 0. The van der Waals surface area contributed by atoms with E-state index in [1.165, 1.54) is 14.8 Å². The van der Waals surface area contributed by atoms with Gasteiger partial charge in [0.1, 0.15) is 0 Å². The van der Waals surface area contributed by atoms with Gasteiger partial charge >= 0.3 is 0 Å². The van der Waals surface area contributed by atoms with Gasteiger partial charge in [0.05, 0.1) is 15.8 Å². The van der Waals surface area contributed by atoms with E-state index in [9.17, 15) is 0 Å². The SMILES string of the molecule is Cc1nn(Cc2cccc(Br)c2)c(C)c1I. The Balaban J connectivity index is 2.30. The molecule has 84 valence electrons. The zero-order valence-corrected chi connectivity index (χ0v) is 12.9. The molecule has 4 heteroatoms. The summed E-state index contributed by atoms with van der Waals surface area (Å²) in [5.74, 6) is 0. The lowest BCUT2D eigenvalue weighted by Gasteiger charge is -2.05. The molecule has 0 aliphatic rings. The molecule has 0 atom stereocenters. The van der Waals surface area contributed by atoms with E-state index in [0.717, 1.165) is 16.7 Å². The summed E-state index contributed by atoms with van der Waals surface area (Å²) >= 11 is 5.83. The van der Waals surface area contributed by atoms with Crippen LogP contribution >= 0.6 is 38.5 Å². The van der Waals surface area contributed by atoms with Crippen LogP contribution in [0.4, 0.5) is 0 Å². The number of aryl methyl sites for hydroxylation is 1. The number of hydrogen-bond acceptors (Lipinski definition) is 1. The zero-order chi connectivity index (χ0) is 11.7. The summed E-state index contributed by atoms with van der Waals surface area (Å²) in [7, 11) is 0. The first-order chi connectivity index (χ1) is 7.58. The topological polar surface area (TPSA) is 17.8 Å². The van der Waals surface area contributed by atoms with Gasteiger partial charge in [-0.3, -0.25) is 4.68 Å². The van der Waals surface area contributed by atoms with E-state index in [-0.39, 0.29) is 0 Å². The van der Waals surface area contributed by atoms with Crippen LogP contribution < -0.4 is 0 Å². The summed E-state index contributed by atoms with van der Waals surface area (Å²) in [4.78, 5) is 0. The molecule has 1 aromatic heterocycles. The summed E-state index contributed by atoms with van der Waals surface area (Å²) in [5.41, 5.74) is 3.60.